The fourth-order valence-corrected chi connectivity index (χ4v) is 19.2. The summed E-state index contributed by atoms with van der Waals surface area (Å²) in [5.41, 5.74) is 0. The van der Waals surface area contributed by atoms with Crippen LogP contribution in [0.15, 0.2) is 142 Å². The Morgan fingerprint density at radius 2 is 0.708 bits per heavy atom. The zero-order valence-electron chi connectivity index (χ0n) is 28.6. The first-order chi connectivity index (χ1) is 22.9. The Balaban J connectivity index is 2.06. The van der Waals surface area contributed by atoms with Gasteiger partial charge in [-0.25, -0.2) is 0 Å². The molecule has 246 valence electrons. The van der Waals surface area contributed by atoms with Crippen LogP contribution in [0.2, 0.25) is 10.1 Å². The SMILES string of the molecule is CC(C)(C)[Si](/C(C#CC#C/C(=C(\Cl)CO)[Si](c1ccccc1)(c1ccccc1)C(C)(C)C)=C(/Cl)CO)(c1ccccc1)c1ccccc1. The molecule has 0 heterocycles. The maximum absolute atomic E-state index is 10.5. The zero-order chi connectivity index (χ0) is 35.0. The van der Waals surface area contributed by atoms with Crippen LogP contribution in [-0.4, -0.2) is 39.6 Å². The molecule has 2 N–H and O–H groups in total. The maximum Gasteiger partial charge on any atom is 0.165 e. The van der Waals surface area contributed by atoms with E-state index < -0.39 is 16.1 Å². The number of aliphatic hydroxyl groups is 2. The van der Waals surface area contributed by atoms with Gasteiger partial charge in [-0.2, -0.15) is 0 Å². The summed E-state index contributed by atoms with van der Waals surface area (Å²) in [4.78, 5) is 0. The third kappa shape index (κ3) is 7.07. The molecule has 0 saturated carbocycles. The Labute approximate surface area is 299 Å². The van der Waals surface area contributed by atoms with E-state index in [1.54, 1.807) is 0 Å². The molecule has 0 aromatic heterocycles. The fraction of sp³-hybridized carbons (Fsp3) is 0.238. The van der Waals surface area contributed by atoms with E-state index >= 15 is 0 Å². The minimum absolute atomic E-state index is 0.289. The van der Waals surface area contributed by atoms with Crippen molar-refractivity contribution in [1.29, 1.82) is 0 Å². The molecule has 48 heavy (non-hydrogen) atoms. The summed E-state index contributed by atoms with van der Waals surface area (Å²) < 4.78 is 0. The molecule has 0 unspecified atom stereocenters. The van der Waals surface area contributed by atoms with E-state index in [1.165, 1.54) is 0 Å². The van der Waals surface area contributed by atoms with Crippen molar-refractivity contribution >= 4 is 60.1 Å². The molecule has 4 aromatic rings. The molecule has 2 nitrogen and oxygen atoms in total. The molecular formula is C42H44Cl2O2Si2. The molecule has 0 radical (unpaired) electrons. The second-order valence-corrected chi connectivity index (χ2v) is 24.1. The molecule has 0 fully saturated rings. The van der Waals surface area contributed by atoms with Crippen molar-refractivity contribution in [1.82, 2.24) is 0 Å². The average Bonchev–Trinajstić information content (AvgIpc) is 3.09. The van der Waals surface area contributed by atoms with Gasteiger partial charge in [-0.15, -0.1) is 0 Å². The van der Waals surface area contributed by atoms with Gasteiger partial charge < -0.3 is 10.2 Å². The monoisotopic (exact) mass is 706 g/mol. The lowest BCUT2D eigenvalue weighted by Gasteiger charge is -2.44. The van der Waals surface area contributed by atoms with Crippen molar-refractivity contribution in [3.05, 3.63) is 142 Å². The van der Waals surface area contributed by atoms with Gasteiger partial charge >= 0.3 is 0 Å². The smallest absolute Gasteiger partial charge is 0.165 e. The summed E-state index contributed by atoms with van der Waals surface area (Å²) in [6, 6.07) is 41.5. The molecule has 6 heteroatoms. The van der Waals surface area contributed by atoms with Crippen LogP contribution in [0.25, 0.3) is 0 Å². The van der Waals surface area contributed by atoms with Crippen LogP contribution in [0.5, 0.6) is 0 Å². The van der Waals surface area contributed by atoms with Gasteiger partial charge in [0.05, 0.1) is 23.3 Å². The van der Waals surface area contributed by atoms with Crippen molar-refractivity contribution in [3.8, 4) is 23.7 Å². The molecule has 4 rings (SSSR count). The number of hydrogen-bond donors (Lipinski definition) is 2. The van der Waals surface area contributed by atoms with E-state index in [0.29, 0.717) is 10.1 Å². The van der Waals surface area contributed by atoms with E-state index in [4.69, 9.17) is 23.2 Å². The number of allylic oxidation sites excluding steroid dienone is 2. The lowest BCUT2D eigenvalue weighted by Crippen LogP contribution is -2.66. The highest BCUT2D eigenvalue weighted by atomic mass is 35.5. The molecular weight excluding hydrogens is 664 g/mol. The minimum Gasteiger partial charge on any atom is -0.391 e. The van der Waals surface area contributed by atoms with Crippen molar-refractivity contribution < 1.29 is 10.2 Å². The predicted octanol–water partition coefficient (Wildman–Crippen LogP) is 7.17. The van der Waals surface area contributed by atoms with Crippen LogP contribution in [0, 0.1) is 23.7 Å². The van der Waals surface area contributed by atoms with Gasteiger partial charge in [-0.1, -0.05) is 198 Å². The summed E-state index contributed by atoms with van der Waals surface area (Å²) in [5.74, 6) is 13.2. The Bertz CT molecular complexity index is 1650. The molecule has 0 bridgehead atoms. The highest BCUT2D eigenvalue weighted by Crippen LogP contribution is 2.43. The Morgan fingerprint density at radius 3 is 0.896 bits per heavy atom. The lowest BCUT2D eigenvalue weighted by atomic mass is 10.2. The average molecular weight is 708 g/mol. The molecule has 0 aliphatic rings. The summed E-state index contributed by atoms with van der Waals surface area (Å²) in [7, 11) is -5.93. The lowest BCUT2D eigenvalue weighted by molar-refractivity contribution is 0.338. The third-order valence-electron chi connectivity index (χ3n) is 9.08. The van der Waals surface area contributed by atoms with Gasteiger partial charge in [0.25, 0.3) is 0 Å². The standard InChI is InChI=1S/C42H44Cl2O2Si2/c1-41(2,3)47(33-21-11-7-12-22-33,34-23-13-8-14-24-34)39(37(43)31-45)29-19-20-30-40(38(44)32-46)48(42(4,5)6,35-25-15-9-16-26-35)36-27-17-10-18-28-36/h7-18,21-28,45-46H,31-32H2,1-6H3/b39-37+,40-38+. The van der Waals surface area contributed by atoms with Gasteiger partial charge in [-0.05, 0) is 42.7 Å². The van der Waals surface area contributed by atoms with Crippen molar-refractivity contribution in [2.24, 2.45) is 0 Å². The van der Waals surface area contributed by atoms with E-state index in [1.807, 2.05) is 72.8 Å². The second kappa shape index (κ2) is 15.8. The first-order valence-electron chi connectivity index (χ1n) is 16.1. The Hall–Kier alpha value is -3.59. The van der Waals surface area contributed by atoms with Gasteiger partial charge in [-0.3, -0.25) is 0 Å². The van der Waals surface area contributed by atoms with Crippen molar-refractivity contribution in [3.63, 3.8) is 0 Å². The predicted molar refractivity (Wildman–Crippen MR) is 211 cm³/mol. The fourth-order valence-electron chi connectivity index (χ4n) is 7.22. The first-order valence-corrected chi connectivity index (χ1v) is 20.9. The van der Waals surface area contributed by atoms with E-state index in [0.717, 1.165) is 31.1 Å². The minimum atomic E-state index is -2.96. The van der Waals surface area contributed by atoms with Gasteiger partial charge in [0.2, 0.25) is 0 Å². The molecule has 0 aliphatic heterocycles. The van der Waals surface area contributed by atoms with Crippen LogP contribution in [0.3, 0.4) is 0 Å². The molecule has 0 atom stereocenters. The summed E-state index contributed by atoms with van der Waals surface area (Å²) >= 11 is 14.0. The number of rotatable bonds is 8. The van der Waals surface area contributed by atoms with Gasteiger partial charge in [0.1, 0.15) is 0 Å². The topological polar surface area (TPSA) is 40.5 Å². The zero-order valence-corrected chi connectivity index (χ0v) is 32.1. The van der Waals surface area contributed by atoms with Crippen LogP contribution >= 0.6 is 23.2 Å². The summed E-state index contributed by atoms with van der Waals surface area (Å²) in [5, 5.41) is 27.1. The number of aliphatic hydroxyl groups excluding tert-OH is 2. The molecule has 0 aliphatic carbocycles. The summed E-state index contributed by atoms with van der Waals surface area (Å²) in [6.45, 7) is 12.6. The van der Waals surface area contributed by atoms with Crippen LogP contribution < -0.4 is 20.7 Å². The van der Waals surface area contributed by atoms with Gasteiger partial charge in [0.15, 0.2) is 16.1 Å². The number of benzene rings is 4. The quantitative estimate of drug-likeness (QED) is 0.151. The first kappa shape index (κ1) is 37.2. The Kier molecular flexibility index (Phi) is 12.2. The third-order valence-corrected chi connectivity index (χ3v) is 21.7. The number of hydrogen-bond acceptors (Lipinski definition) is 2. The number of halogens is 2. The highest BCUT2D eigenvalue weighted by molar-refractivity contribution is 7.11. The Morgan fingerprint density at radius 1 is 0.479 bits per heavy atom. The van der Waals surface area contributed by atoms with E-state index in [-0.39, 0.29) is 23.3 Å². The van der Waals surface area contributed by atoms with Gasteiger partial charge in [0, 0.05) is 10.4 Å². The molecule has 0 amide bonds. The van der Waals surface area contributed by atoms with Crippen LogP contribution in [0.1, 0.15) is 41.5 Å². The molecule has 0 saturated heterocycles. The van der Waals surface area contributed by atoms with Crippen LogP contribution in [-0.2, 0) is 0 Å². The molecule has 4 aromatic carbocycles. The van der Waals surface area contributed by atoms with Crippen molar-refractivity contribution in [2.75, 3.05) is 13.2 Å². The maximum atomic E-state index is 10.5. The second-order valence-electron chi connectivity index (χ2n) is 13.8. The van der Waals surface area contributed by atoms with Crippen LogP contribution in [0.4, 0.5) is 0 Å². The van der Waals surface area contributed by atoms with E-state index in [9.17, 15) is 10.2 Å². The van der Waals surface area contributed by atoms with Crippen molar-refractivity contribution in [2.45, 2.75) is 51.6 Å². The van der Waals surface area contributed by atoms with E-state index in [2.05, 4.69) is 114 Å². The largest absolute Gasteiger partial charge is 0.391 e. The normalized spacial score (nSPS) is 13.3. The molecule has 0 spiro atoms. The highest BCUT2D eigenvalue weighted by Gasteiger charge is 2.52. The summed E-state index contributed by atoms with van der Waals surface area (Å²) in [6.07, 6.45) is 0.